The smallest absolute Gasteiger partial charge is 0.248 e. The predicted molar refractivity (Wildman–Crippen MR) is 163 cm³/mol. The molecule has 1 unspecified atom stereocenters. The Balaban J connectivity index is 1.61. The van der Waals surface area contributed by atoms with Crippen LogP contribution in [0.5, 0.6) is 0 Å². The van der Waals surface area contributed by atoms with Crippen molar-refractivity contribution in [2.75, 3.05) is 106 Å². The highest BCUT2D eigenvalue weighted by Gasteiger charge is 2.43. The minimum absolute atomic E-state index is 0.0166. The summed E-state index contributed by atoms with van der Waals surface area (Å²) in [6, 6.07) is -0.0166. The minimum atomic E-state index is -0.306. The number of quaternary nitrogens is 1. The van der Waals surface area contributed by atoms with E-state index in [0.717, 1.165) is 18.8 Å². The molecule has 0 spiro atoms. The Hall–Kier alpha value is -2.78. The first-order valence-corrected chi connectivity index (χ1v) is 15.4. The zero-order chi connectivity index (χ0) is 31.8. The number of carbonyl (C=O) groups excluding carboxylic acids is 5. The van der Waals surface area contributed by atoms with Crippen LogP contribution in [0.2, 0.25) is 0 Å². The predicted octanol–water partition coefficient (Wildman–Crippen LogP) is -1.55. The minimum Gasteiger partial charge on any atom is -0.378 e. The number of ketones is 2. The van der Waals surface area contributed by atoms with Gasteiger partial charge in [-0.15, -0.1) is 0 Å². The molecule has 0 bridgehead atoms. The largest absolute Gasteiger partial charge is 0.378 e. The van der Waals surface area contributed by atoms with E-state index in [1.54, 1.807) is 0 Å². The molecular formula is C29H53N8O6+. The molecule has 0 aromatic heterocycles. The van der Waals surface area contributed by atoms with Crippen LogP contribution >= 0.6 is 0 Å². The van der Waals surface area contributed by atoms with Gasteiger partial charge in [0.1, 0.15) is 19.1 Å². The zero-order valence-corrected chi connectivity index (χ0v) is 26.8. The topological polar surface area (TPSA) is 153 Å². The van der Waals surface area contributed by atoms with Crippen LogP contribution < -0.4 is 16.0 Å². The lowest BCUT2D eigenvalue weighted by Gasteiger charge is -2.37. The number of carbonyl (C=O) groups is 5. The zero-order valence-electron chi connectivity index (χ0n) is 26.8. The van der Waals surface area contributed by atoms with Crippen LogP contribution in [0.4, 0.5) is 0 Å². The number of hydrogen-bond donors (Lipinski definition) is 3. The van der Waals surface area contributed by atoms with Crippen LogP contribution in [0.25, 0.3) is 0 Å². The van der Waals surface area contributed by atoms with E-state index in [9.17, 15) is 24.0 Å². The van der Waals surface area contributed by atoms with Gasteiger partial charge in [-0.05, 0) is 27.2 Å². The standard InChI is InChI=1S/C29H52N8O6/c1-6-34(4)19-25(38)17-24-18-26(39)22-37(24,5)13-12-35(7-2)20-27(40)31-10-14-43-15-11-32-28(41)21-36-29(42)16-23(33-36)8-9-30-3/h24,30H,6-22H2,1-5H3,(H-,31,32,40,41)/p+1/t24-,37?/m0/s1. The summed E-state index contributed by atoms with van der Waals surface area (Å²) in [6.07, 6.45) is 1.75. The van der Waals surface area contributed by atoms with Gasteiger partial charge in [0.25, 0.3) is 0 Å². The number of hydrazone groups is 1. The molecule has 2 aliphatic heterocycles. The first-order chi connectivity index (χ1) is 20.5. The van der Waals surface area contributed by atoms with Crippen molar-refractivity contribution in [1.82, 2.24) is 30.8 Å². The van der Waals surface area contributed by atoms with Gasteiger partial charge in [-0.25, -0.2) is 5.01 Å². The van der Waals surface area contributed by atoms with Crippen LogP contribution in [0.15, 0.2) is 5.10 Å². The number of rotatable bonds is 22. The average Bonchev–Trinajstić information content (AvgIpc) is 3.45. The lowest BCUT2D eigenvalue weighted by Crippen LogP contribution is -2.53. The number of hydrogen-bond acceptors (Lipinski definition) is 10. The molecule has 2 atom stereocenters. The Kier molecular flexibility index (Phi) is 15.9. The maximum atomic E-state index is 12.6. The molecule has 244 valence electrons. The van der Waals surface area contributed by atoms with Crippen LogP contribution in [0.3, 0.4) is 0 Å². The highest BCUT2D eigenvalue weighted by atomic mass is 16.5. The van der Waals surface area contributed by atoms with Gasteiger partial charge in [-0.1, -0.05) is 13.8 Å². The highest BCUT2D eigenvalue weighted by molar-refractivity contribution is 6.05. The number of nitrogens with one attached hydrogen (secondary N) is 3. The number of likely N-dealkylation sites (tertiary alicyclic amines) is 1. The summed E-state index contributed by atoms with van der Waals surface area (Å²) in [4.78, 5) is 65.5. The Morgan fingerprint density at radius 2 is 1.74 bits per heavy atom. The Morgan fingerprint density at radius 1 is 1.05 bits per heavy atom. The molecule has 2 heterocycles. The lowest BCUT2D eigenvalue weighted by molar-refractivity contribution is -0.916. The second-order valence-corrected chi connectivity index (χ2v) is 11.7. The highest BCUT2D eigenvalue weighted by Crippen LogP contribution is 2.25. The maximum Gasteiger partial charge on any atom is 0.248 e. The van der Waals surface area contributed by atoms with Crippen molar-refractivity contribution < 1.29 is 33.2 Å². The first kappa shape index (κ1) is 36.4. The third kappa shape index (κ3) is 13.2. The summed E-state index contributed by atoms with van der Waals surface area (Å²) in [7, 11) is 5.79. The van der Waals surface area contributed by atoms with E-state index in [-0.39, 0.29) is 68.0 Å². The molecule has 14 nitrogen and oxygen atoms in total. The van der Waals surface area contributed by atoms with Crippen LogP contribution in [-0.4, -0.2) is 167 Å². The monoisotopic (exact) mass is 609 g/mol. The molecule has 0 aliphatic carbocycles. The van der Waals surface area contributed by atoms with Crippen LogP contribution in [-0.2, 0) is 28.7 Å². The van der Waals surface area contributed by atoms with Crippen molar-refractivity contribution in [1.29, 1.82) is 0 Å². The van der Waals surface area contributed by atoms with E-state index in [2.05, 4.69) is 21.1 Å². The molecule has 3 N–H and O–H groups in total. The fourth-order valence-electron chi connectivity index (χ4n) is 5.23. The molecule has 0 saturated carbocycles. The van der Waals surface area contributed by atoms with Crippen LogP contribution in [0.1, 0.15) is 39.5 Å². The fourth-order valence-corrected chi connectivity index (χ4v) is 5.23. The number of nitrogens with zero attached hydrogens (tertiary/aromatic N) is 5. The molecule has 43 heavy (non-hydrogen) atoms. The molecule has 1 saturated heterocycles. The summed E-state index contributed by atoms with van der Waals surface area (Å²) in [5.41, 5.74) is 0.770. The molecule has 1 fully saturated rings. The number of ether oxygens (including phenoxy) is 1. The van der Waals surface area contributed by atoms with Crippen LogP contribution in [0, 0.1) is 0 Å². The van der Waals surface area contributed by atoms with Crippen molar-refractivity contribution in [3.05, 3.63) is 0 Å². The number of likely N-dealkylation sites (N-methyl/N-ethyl adjacent to an activating group) is 3. The molecule has 0 aromatic carbocycles. The molecule has 3 amide bonds. The van der Waals surface area contributed by atoms with Crippen molar-refractivity contribution in [3.8, 4) is 0 Å². The van der Waals surface area contributed by atoms with Gasteiger partial charge in [0.05, 0.1) is 59.2 Å². The number of amides is 3. The van der Waals surface area contributed by atoms with Gasteiger partial charge < -0.3 is 25.2 Å². The summed E-state index contributed by atoms with van der Waals surface area (Å²) in [5, 5.41) is 14.0. The van der Waals surface area contributed by atoms with E-state index in [4.69, 9.17) is 4.74 Å². The van der Waals surface area contributed by atoms with Crippen molar-refractivity contribution in [2.24, 2.45) is 5.10 Å². The Bertz CT molecular complexity index is 992. The average molecular weight is 610 g/mol. The first-order valence-electron chi connectivity index (χ1n) is 15.4. The van der Waals surface area contributed by atoms with E-state index < -0.39 is 0 Å². The molecule has 2 rings (SSSR count). The summed E-state index contributed by atoms with van der Waals surface area (Å²) >= 11 is 0. The van der Waals surface area contributed by atoms with Gasteiger partial charge >= 0.3 is 0 Å². The molecule has 0 radical (unpaired) electrons. The van der Waals surface area contributed by atoms with E-state index in [1.165, 1.54) is 5.01 Å². The quantitative estimate of drug-likeness (QED) is 0.0979. The van der Waals surface area contributed by atoms with Crippen molar-refractivity contribution >= 4 is 35.0 Å². The summed E-state index contributed by atoms with van der Waals surface area (Å²) in [5.74, 6) is -0.247. The third-order valence-electron chi connectivity index (χ3n) is 8.07. The van der Waals surface area contributed by atoms with Gasteiger partial charge in [-0.3, -0.25) is 33.8 Å². The Morgan fingerprint density at radius 3 is 2.40 bits per heavy atom. The number of Topliss-reactive ketones (excluding diaryl/α,β-unsaturated/α-hetero) is 2. The van der Waals surface area contributed by atoms with Gasteiger partial charge in [-0.2, -0.15) is 5.10 Å². The summed E-state index contributed by atoms with van der Waals surface area (Å²) < 4.78 is 6.04. The molecule has 2 aliphatic rings. The maximum absolute atomic E-state index is 12.6. The van der Waals surface area contributed by atoms with E-state index in [1.807, 2.05) is 44.8 Å². The van der Waals surface area contributed by atoms with Crippen molar-refractivity contribution in [2.45, 2.75) is 45.6 Å². The van der Waals surface area contributed by atoms with Crippen molar-refractivity contribution in [3.63, 3.8) is 0 Å². The molecular weight excluding hydrogens is 556 g/mol. The second kappa shape index (κ2) is 18.8. The third-order valence-corrected chi connectivity index (χ3v) is 8.07. The van der Waals surface area contributed by atoms with E-state index in [0.29, 0.717) is 69.6 Å². The van der Waals surface area contributed by atoms with Gasteiger partial charge in [0.15, 0.2) is 11.6 Å². The van der Waals surface area contributed by atoms with E-state index >= 15 is 0 Å². The van der Waals surface area contributed by atoms with Gasteiger partial charge in [0.2, 0.25) is 17.7 Å². The summed E-state index contributed by atoms with van der Waals surface area (Å²) in [6.45, 7) is 9.72. The Labute approximate surface area is 256 Å². The molecule has 0 aromatic rings. The normalized spacial score (nSPS) is 20.3. The second-order valence-electron chi connectivity index (χ2n) is 11.7. The fraction of sp³-hybridized carbons (Fsp3) is 0.793. The lowest BCUT2D eigenvalue weighted by atomic mass is 10.1. The molecule has 14 heteroatoms. The SMILES string of the molecule is CCN(C)CC(=O)C[C@H]1CC(=O)C[N+]1(C)CCN(CC)CC(=O)NCCOCCNC(=O)CN1N=C(CCNC)CC1=O. The van der Waals surface area contributed by atoms with Gasteiger partial charge in [0, 0.05) is 38.3 Å².